The first-order valence-corrected chi connectivity index (χ1v) is 5.97. The van der Waals surface area contributed by atoms with Crippen molar-refractivity contribution in [2.45, 2.75) is 4.43 Å². The number of thiocarbonyl (C=S) groups is 1. The molecule has 16 heavy (non-hydrogen) atoms. The van der Waals surface area contributed by atoms with Gasteiger partial charge in [0.15, 0.2) is 16.6 Å². The van der Waals surface area contributed by atoms with E-state index >= 15 is 0 Å². The van der Waals surface area contributed by atoms with Gasteiger partial charge in [0.1, 0.15) is 5.82 Å². The van der Waals surface area contributed by atoms with Crippen LogP contribution in [-0.2, 0) is 4.43 Å². The monoisotopic (exact) mass is 352 g/mol. The highest BCUT2D eigenvalue weighted by molar-refractivity contribution is 14.1. The maximum Gasteiger partial charge on any atom is 0.279 e. The zero-order valence-electron chi connectivity index (χ0n) is 8.03. The zero-order valence-corrected chi connectivity index (χ0v) is 11.0. The summed E-state index contributed by atoms with van der Waals surface area (Å²) in [5, 5.41) is 2.06. The zero-order chi connectivity index (χ0) is 12.3. The fraction of sp³-hybridized carbons (Fsp3) is 0.143. The molecular weight excluding hydrogens is 343 g/mol. The van der Waals surface area contributed by atoms with Crippen LogP contribution in [0.25, 0.3) is 0 Å². The molecule has 0 unspecified atom stereocenters. The van der Waals surface area contributed by atoms with E-state index in [9.17, 15) is 4.79 Å². The number of halogens is 1. The molecule has 86 valence electrons. The minimum absolute atomic E-state index is 0.0336. The fourth-order valence-corrected chi connectivity index (χ4v) is 1.59. The molecule has 0 atom stereocenters. The van der Waals surface area contributed by atoms with Crippen LogP contribution in [0, 0.1) is 0 Å². The van der Waals surface area contributed by atoms with E-state index in [1.165, 1.54) is 0 Å². The van der Waals surface area contributed by atoms with E-state index in [1.54, 1.807) is 0 Å². The first-order chi connectivity index (χ1) is 7.45. The van der Waals surface area contributed by atoms with E-state index in [0.717, 1.165) is 0 Å². The number of amides is 1. The lowest BCUT2D eigenvalue weighted by Crippen LogP contribution is -2.36. The molecule has 0 aliphatic heterocycles. The number of carbonyl (C=O) groups excluding carboxylic acids is 1. The molecule has 0 bridgehead atoms. The van der Waals surface area contributed by atoms with E-state index in [2.05, 4.69) is 50.1 Å². The maximum atomic E-state index is 11.6. The smallest absolute Gasteiger partial charge is 0.279 e. The molecule has 0 radical (unpaired) electrons. The predicted octanol–water partition coefficient (Wildman–Crippen LogP) is -0.451. The molecule has 9 heteroatoms. The first kappa shape index (κ1) is 12.8. The van der Waals surface area contributed by atoms with Crippen LogP contribution >= 0.6 is 34.8 Å². The Labute approximate surface area is 110 Å². The summed E-state index contributed by atoms with van der Waals surface area (Å²) >= 11 is 6.58. The van der Waals surface area contributed by atoms with Crippen LogP contribution in [0.15, 0.2) is 0 Å². The molecule has 7 nitrogen and oxygen atoms in total. The summed E-state index contributed by atoms with van der Waals surface area (Å²) in [5.41, 5.74) is 16.7. The van der Waals surface area contributed by atoms with Crippen molar-refractivity contribution in [3.8, 4) is 0 Å². The number of nitrogen functional groups attached to an aromatic ring is 2. The van der Waals surface area contributed by atoms with Crippen LogP contribution in [0.5, 0.6) is 0 Å². The van der Waals surface area contributed by atoms with Crippen LogP contribution in [0.1, 0.15) is 16.2 Å². The van der Waals surface area contributed by atoms with Crippen LogP contribution in [0.4, 0.5) is 11.6 Å². The molecule has 0 fully saturated rings. The van der Waals surface area contributed by atoms with Gasteiger partial charge in [-0.05, 0) is 12.2 Å². The van der Waals surface area contributed by atoms with Crippen LogP contribution < -0.4 is 22.5 Å². The largest absolute Gasteiger partial charge is 0.382 e. The summed E-state index contributed by atoms with van der Waals surface area (Å²) < 4.78 is 0.518. The Morgan fingerprint density at radius 3 is 2.50 bits per heavy atom. The second kappa shape index (κ2) is 5.21. The summed E-state index contributed by atoms with van der Waals surface area (Å²) in [5.74, 6) is -0.442. The molecule has 0 aromatic carbocycles. The van der Waals surface area contributed by atoms with E-state index in [-0.39, 0.29) is 22.4 Å². The molecule has 1 aromatic heterocycles. The van der Waals surface area contributed by atoms with Gasteiger partial charge in [-0.3, -0.25) is 10.1 Å². The molecule has 0 saturated heterocycles. The lowest BCUT2D eigenvalue weighted by Gasteiger charge is -2.07. The molecule has 0 spiro atoms. The Hall–Kier alpha value is -1.23. The van der Waals surface area contributed by atoms with Crippen molar-refractivity contribution < 1.29 is 4.79 Å². The highest BCUT2D eigenvalue weighted by atomic mass is 127. The van der Waals surface area contributed by atoms with Crippen LogP contribution in [0.2, 0.25) is 0 Å². The number of anilines is 2. The van der Waals surface area contributed by atoms with Crippen molar-refractivity contribution >= 4 is 57.5 Å². The summed E-state index contributed by atoms with van der Waals surface area (Å²) in [4.78, 5) is 19.4. The summed E-state index contributed by atoms with van der Waals surface area (Å²) in [7, 11) is 0. The van der Waals surface area contributed by atoms with E-state index < -0.39 is 5.91 Å². The van der Waals surface area contributed by atoms with Gasteiger partial charge in [0.05, 0.1) is 5.69 Å². The van der Waals surface area contributed by atoms with Gasteiger partial charge in [-0.1, -0.05) is 22.6 Å². The second-order valence-electron chi connectivity index (χ2n) is 2.74. The summed E-state index contributed by atoms with van der Waals surface area (Å²) in [6, 6.07) is 0. The molecule has 1 heterocycles. The Morgan fingerprint density at radius 2 is 2.00 bits per heavy atom. The van der Waals surface area contributed by atoms with Gasteiger partial charge < -0.3 is 17.2 Å². The SMILES string of the molecule is NC(=S)NC(=O)c1nc(CI)c(N)nc1N. The molecular formula is C7H9IN6OS. The molecule has 0 aliphatic carbocycles. The van der Waals surface area contributed by atoms with Gasteiger partial charge in [-0.25, -0.2) is 9.97 Å². The van der Waals surface area contributed by atoms with Crippen molar-refractivity contribution in [2.24, 2.45) is 5.73 Å². The first-order valence-electron chi connectivity index (χ1n) is 4.04. The van der Waals surface area contributed by atoms with Crippen LogP contribution in [-0.4, -0.2) is 21.0 Å². The van der Waals surface area contributed by atoms with Crippen molar-refractivity contribution in [2.75, 3.05) is 11.5 Å². The van der Waals surface area contributed by atoms with Crippen molar-refractivity contribution in [3.63, 3.8) is 0 Å². The molecule has 0 aliphatic rings. The highest BCUT2D eigenvalue weighted by Crippen LogP contribution is 2.15. The Bertz CT molecular complexity index is 451. The van der Waals surface area contributed by atoms with Gasteiger partial charge in [-0.2, -0.15) is 0 Å². The number of alkyl halides is 1. The van der Waals surface area contributed by atoms with Crippen molar-refractivity contribution in [3.05, 3.63) is 11.4 Å². The number of carbonyl (C=O) groups is 1. The Morgan fingerprint density at radius 1 is 1.38 bits per heavy atom. The number of nitrogens with one attached hydrogen (secondary N) is 1. The number of aromatic nitrogens is 2. The fourth-order valence-electron chi connectivity index (χ4n) is 0.933. The summed E-state index contributed by atoms with van der Waals surface area (Å²) in [6.07, 6.45) is 0. The maximum absolute atomic E-state index is 11.6. The van der Waals surface area contributed by atoms with E-state index in [0.29, 0.717) is 10.1 Å². The lowest BCUT2D eigenvalue weighted by molar-refractivity contribution is 0.0973. The van der Waals surface area contributed by atoms with Crippen molar-refractivity contribution in [1.29, 1.82) is 0 Å². The van der Waals surface area contributed by atoms with E-state index in [1.807, 2.05) is 0 Å². The van der Waals surface area contributed by atoms with Crippen LogP contribution in [0.3, 0.4) is 0 Å². The van der Waals surface area contributed by atoms with Gasteiger partial charge in [0.2, 0.25) is 0 Å². The third-order valence-electron chi connectivity index (χ3n) is 1.60. The lowest BCUT2D eigenvalue weighted by atomic mass is 10.3. The minimum Gasteiger partial charge on any atom is -0.382 e. The molecule has 1 amide bonds. The Balaban J connectivity index is 3.13. The molecule has 1 aromatic rings. The number of rotatable bonds is 2. The quantitative estimate of drug-likeness (QED) is 0.322. The topological polar surface area (TPSA) is 133 Å². The standard InChI is InChI=1S/C7H9IN6OS/c8-1-2-4(9)13-5(10)3(12-2)6(15)14-7(11)16/h1H2,(H4,9,10,13)(H3,11,14,15,16). The van der Waals surface area contributed by atoms with Gasteiger partial charge in [0.25, 0.3) is 5.91 Å². The van der Waals surface area contributed by atoms with Gasteiger partial charge >= 0.3 is 0 Å². The van der Waals surface area contributed by atoms with Gasteiger partial charge in [-0.15, -0.1) is 0 Å². The van der Waals surface area contributed by atoms with E-state index in [4.69, 9.17) is 17.2 Å². The number of nitrogens with zero attached hydrogens (tertiary/aromatic N) is 2. The Kier molecular flexibility index (Phi) is 4.18. The third kappa shape index (κ3) is 2.88. The average Bonchev–Trinajstić information content (AvgIpc) is 2.16. The van der Waals surface area contributed by atoms with Crippen molar-refractivity contribution in [1.82, 2.24) is 15.3 Å². The van der Waals surface area contributed by atoms with Gasteiger partial charge in [0, 0.05) is 4.43 Å². The number of nitrogens with two attached hydrogens (primary N) is 3. The minimum atomic E-state index is -0.594. The molecule has 1 rings (SSSR count). The normalized spacial score (nSPS) is 9.81. The highest BCUT2D eigenvalue weighted by Gasteiger charge is 2.16. The third-order valence-corrected chi connectivity index (χ3v) is 2.43. The second-order valence-corrected chi connectivity index (χ2v) is 3.94. The molecule has 0 saturated carbocycles. The summed E-state index contributed by atoms with van der Waals surface area (Å²) in [6.45, 7) is 0. The predicted molar refractivity (Wildman–Crippen MR) is 72.8 cm³/mol. The number of hydrogen-bond acceptors (Lipinski definition) is 6. The average molecular weight is 352 g/mol. The number of hydrogen-bond donors (Lipinski definition) is 4. The molecule has 7 N–H and O–H groups in total.